The van der Waals surface area contributed by atoms with E-state index in [0.717, 1.165) is 34.1 Å². The Morgan fingerprint density at radius 3 is 2.22 bits per heavy atom. The van der Waals surface area contributed by atoms with Crippen LogP contribution in [0.15, 0.2) is 66.7 Å². The van der Waals surface area contributed by atoms with Crippen molar-refractivity contribution in [2.45, 2.75) is 13.8 Å². The van der Waals surface area contributed by atoms with E-state index >= 15 is 0 Å². The Kier molecular flexibility index (Phi) is 4.32. The number of nitrogens with zero attached hydrogens (tertiary/aromatic N) is 3. The van der Waals surface area contributed by atoms with Gasteiger partial charge in [0.1, 0.15) is 17.2 Å². The molecule has 0 aliphatic heterocycles. The summed E-state index contributed by atoms with van der Waals surface area (Å²) in [5.74, 6) is 0.990. The van der Waals surface area contributed by atoms with E-state index in [1.54, 1.807) is 0 Å². The number of aromatic nitrogens is 2. The van der Waals surface area contributed by atoms with Gasteiger partial charge in [-0.15, -0.1) is 0 Å². The first-order valence-corrected chi connectivity index (χ1v) is 9.12. The zero-order valence-electron chi connectivity index (χ0n) is 16.2. The maximum atomic E-state index is 4.92. The summed E-state index contributed by atoms with van der Waals surface area (Å²) in [6, 6.07) is 23.2. The molecule has 0 saturated carbocycles. The van der Waals surface area contributed by atoms with Crippen LogP contribution in [0.3, 0.4) is 0 Å². The molecular formula is C23H24N4. The second-order valence-electron chi connectivity index (χ2n) is 7.10. The van der Waals surface area contributed by atoms with Gasteiger partial charge in [-0.25, -0.2) is 4.98 Å². The lowest BCUT2D eigenvalue weighted by Gasteiger charge is -2.13. The van der Waals surface area contributed by atoms with Gasteiger partial charge in [-0.1, -0.05) is 35.9 Å². The largest absolute Gasteiger partial charge is 0.378 e. The quantitative estimate of drug-likeness (QED) is 0.529. The van der Waals surface area contributed by atoms with E-state index in [9.17, 15) is 0 Å². The normalized spacial score (nSPS) is 11.0. The molecule has 0 bridgehead atoms. The molecule has 0 radical (unpaired) electrons. The second kappa shape index (κ2) is 6.80. The Morgan fingerprint density at radius 1 is 0.852 bits per heavy atom. The molecule has 0 fully saturated rings. The third-order valence-electron chi connectivity index (χ3n) is 4.81. The molecule has 2 aromatic heterocycles. The molecule has 0 spiro atoms. The topological polar surface area (TPSA) is 32.6 Å². The number of fused-ring (bicyclic) bond motifs is 1. The van der Waals surface area contributed by atoms with E-state index in [1.165, 1.54) is 11.3 Å². The fourth-order valence-electron chi connectivity index (χ4n) is 3.26. The van der Waals surface area contributed by atoms with E-state index in [1.807, 2.05) is 26.2 Å². The van der Waals surface area contributed by atoms with Crippen molar-refractivity contribution < 1.29 is 0 Å². The minimum absolute atomic E-state index is 0.941. The molecular weight excluding hydrogens is 332 g/mol. The minimum atomic E-state index is 0.941. The number of hydrogen-bond acceptors (Lipinski definition) is 3. The first-order valence-electron chi connectivity index (χ1n) is 9.12. The Balaban J connectivity index is 1.86. The van der Waals surface area contributed by atoms with Crippen LogP contribution in [0.4, 0.5) is 17.2 Å². The van der Waals surface area contributed by atoms with E-state index in [-0.39, 0.29) is 0 Å². The Bertz CT molecular complexity index is 1070. The lowest BCUT2D eigenvalue weighted by Crippen LogP contribution is -2.08. The average Bonchev–Trinajstić information content (AvgIpc) is 3.03. The fraction of sp³-hybridized carbons (Fsp3) is 0.174. The first kappa shape index (κ1) is 17.2. The molecule has 4 rings (SSSR count). The van der Waals surface area contributed by atoms with Gasteiger partial charge < -0.3 is 10.2 Å². The molecule has 27 heavy (non-hydrogen) atoms. The molecule has 4 aromatic rings. The van der Waals surface area contributed by atoms with Crippen LogP contribution in [0, 0.1) is 13.8 Å². The van der Waals surface area contributed by atoms with E-state index in [0.29, 0.717) is 0 Å². The zero-order chi connectivity index (χ0) is 19.0. The highest BCUT2D eigenvalue weighted by Gasteiger charge is 2.16. The third-order valence-corrected chi connectivity index (χ3v) is 4.81. The Labute approximate surface area is 160 Å². The molecule has 4 nitrogen and oxygen atoms in total. The zero-order valence-corrected chi connectivity index (χ0v) is 16.2. The number of anilines is 3. The van der Waals surface area contributed by atoms with Gasteiger partial charge >= 0.3 is 0 Å². The molecule has 2 heterocycles. The number of rotatable bonds is 4. The van der Waals surface area contributed by atoms with Crippen LogP contribution in [0.25, 0.3) is 16.9 Å². The Hall–Kier alpha value is -3.27. The SMILES string of the molecule is Cc1ccc(Nc2c(-c3ccc(N(C)C)cc3)nc3cccc(C)n23)cc1. The predicted molar refractivity (Wildman–Crippen MR) is 114 cm³/mol. The van der Waals surface area contributed by atoms with E-state index < -0.39 is 0 Å². The maximum absolute atomic E-state index is 4.92. The van der Waals surface area contributed by atoms with Gasteiger partial charge in [0.15, 0.2) is 0 Å². The van der Waals surface area contributed by atoms with Crippen molar-refractivity contribution >= 4 is 22.8 Å². The molecule has 1 N–H and O–H groups in total. The standard InChI is InChI=1S/C23H24N4/c1-16-8-12-19(13-9-16)24-23-22(18-10-14-20(15-11-18)26(3)4)25-21-7-5-6-17(2)27(21)23/h5-15,24H,1-4H3. The van der Waals surface area contributed by atoms with Gasteiger partial charge in [0.2, 0.25) is 0 Å². The monoisotopic (exact) mass is 356 g/mol. The highest BCUT2D eigenvalue weighted by atomic mass is 15.1. The molecule has 2 aromatic carbocycles. The molecule has 0 atom stereocenters. The van der Waals surface area contributed by atoms with Gasteiger partial charge in [-0.2, -0.15) is 0 Å². The van der Waals surface area contributed by atoms with Gasteiger partial charge in [0.25, 0.3) is 0 Å². The summed E-state index contributed by atoms with van der Waals surface area (Å²) in [5.41, 5.74) is 7.61. The van der Waals surface area contributed by atoms with Crippen molar-refractivity contribution in [3.8, 4) is 11.3 Å². The van der Waals surface area contributed by atoms with Crippen molar-refractivity contribution in [1.82, 2.24) is 9.38 Å². The summed E-state index contributed by atoms with van der Waals surface area (Å²) in [7, 11) is 4.10. The van der Waals surface area contributed by atoms with Crippen molar-refractivity contribution in [1.29, 1.82) is 0 Å². The predicted octanol–water partition coefficient (Wildman–Crippen LogP) is 5.43. The second-order valence-corrected chi connectivity index (χ2v) is 7.10. The lowest BCUT2D eigenvalue weighted by molar-refractivity contribution is 1.10. The Morgan fingerprint density at radius 2 is 1.56 bits per heavy atom. The number of nitrogens with one attached hydrogen (secondary N) is 1. The number of aryl methyl sites for hydroxylation is 2. The molecule has 0 unspecified atom stereocenters. The highest BCUT2D eigenvalue weighted by molar-refractivity contribution is 5.80. The van der Waals surface area contributed by atoms with Gasteiger partial charge in [-0.3, -0.25) is 4.40 Å². The summed E-state index contributed by atoms with van der Waals surface area (Å²) < 4.78 is 2.18. The highest BCUT2D eigenvalue weighted by Crippen LogP contribution is 2.33. The maximum Gasteiger partial charge on any atom is 0.143 e. The number of hydrogen-bond donors (Lipinski definition) is 1. The van der Waals surface area contributed by atoms with Crippen LogP contribution in [0.2, 0.25) is 0 Å². The van der Waals surface area contributed by atoms with Gasteiger partial charge in [0.05, 0.1) is 0 Å². The molecule has 4 heteroatoms. The summed E-state index contributed by atoms with van der Waals surface area (Å²) >= 11 is 0. The molecule has 136 valence electrons. The van der Waals surface area contributed by atoms with Crippen LogP contribution in [-0.4, -0.2) is 23.5 Å². The number of pyridine rings is 1. The summed E-state index contributed by atoms with van der Waals surface area (Å²) in [6.07, 6.45) is 0. The smallest absolute Gasteiger partial charge is 0.143 e. The van der Waals surface area contributed by atoms with Crippen LogP contribution >= 0.6 is 0 Å². The van der Waals surface area contributed by atoms with Crippen molar-refractivity contribution in [2.75, 3.05) is 24.3 Å². The lowest BCUT2D eigenvalue weighted by atomic mass is 10.1. The first-order chi connectivity index (χ1) is 13.0. The molecule has 0 aliphatic rings. The van der Waals surface area contributed by atoms with Crippen LogP contribution in [0.5, 0.6) is 0 Å². The van der Waals surface area contributed by atoms with Crippen molar-refractivity contribution in [2.24, 2.45) is 0 Å². The molecule has 0 saturated heterocycles. The third kappa shape index (κ3) is 3.26. The van der Waals surface area contributed by atoms with Crippen molar-refractivity contribution in [3.63, 3.8) is 0 Å². The number of benzene rings is 2. The van der Waals surface area contributed by atoms with Crippen LogP contribution in [0.1, 0.15) is 11.3 Å². The average molecular weight is 356 g/mol. The van der Waals surface area contributed by atoms with Gasteiger partial charge in [-0.05, 0) is 50.2 Å². The number of imidazole rings is 1. The minimum Gasteiger partial charge on any atom is -0.378 e. The van der Waals surface area contributed by atoms with Crippen molar-refractivity contribution in [3.05, 3.63) is 78.0 Å². The molecule has 0 aliphatic carbocycles. The van der Waals surface area contributed by atoms with Crippen LogP contribution < -0.4 is 10.2 Å². The van der Waals surface area contributed by atoms with Gasteiger partial charge in [0, 0.05) is 36.7 Å². The fourth-order valence-corrected chi connectivity index (χ4v) is 3.26. The van der Waals surface area contributed by atoms with E-state index in [4.69, 9.17) is 4.98 Å². The summed E-state index contributed by atoms with van der Waals surface area (Å²) in [5, 5.41) is 3.59. The molecule has 0 amide bonds. The van der Waals surface area contributed by atoms with Crippen LogP contribution in [-0.2, 0) is 0 Å². The van der Waals surface area contributed by atoms with E-state index in [2.05, 4.69) is 83.1 Å². The summed E-state index contributed by atoms with van der Waals surface area (Å²) in [6.45, 7) is 4.20. The summed E-state index contributed by atoms with van der Waals surface area (Å²) in [4.78, 5) is 7.02.